The average molecular weight is 404 g/mol. The Balaban J connectivity index is 1.66. The maximum absolute atomic E-state index is 12.0. The Morgan fingerprint density at radius 1 is 1.03 bits per heavy atom. The summed E-state index contributed by atoms with van der Waals surface area (Å²) in [5, 5.41) is 9.33. The first-order valence-corrected chi connectivity index (χ1v) is 9.20. The number of benzene rings is 2. The van der Waals surface area contributed by atoms with Gasteiger partial charge in [0.05, 0.1) is 12.7 Å². The van der Waals surface area contributed by atoms with Gasteiger partial charge in [0.1, 0.15) is 36.3 Å². The van der Waals surface area contributed by atoms with E-state index in [1.54, 1.807) is 55.5 Å². The quantitative estimate of drug-likeness (QED) is 0.478. The van der Waals surface area contributed by atoms with E-state index in [0.717, 1.165) is 0 Å². The molecular weight excluding hydrogens is 384 g/mol. The molecule has 7 heteroatoms. The van der Waals surface area contributed by atoms with Crippen molar-refractivity contribution in [2.75, 3.05) is 20.3 Å². The number of hydrogen-bond acceptors (Lipinski definition) is 6. The lowest BCUT2D eigenvalue weighted by Crippen LogP contribution is -2.12. The third-order valence-electron chi connectivity index (χ3n) is 4.30. The number of carbonyl (C=O) groups excluding carboxylic acids is 1. The highest BCUT2D eigenvalue weighted by molar-refractivity contribution is 5.89. The Morgan fingerprint density at radius 3 is 2.37 bits per heavy atom. The van der Waals surface area contributed by atoms with Crippen molar-refractivity contribution >= 4 is 5.97 Å². The molecule has 152 valence electrons. The van der Waals surface area contributed by atoms with E-state index in [1.165, 1.54) is 7.11 Å². The van der Waals surface area contributed by atoms with Crippen LogP contribution in [0.25, 0.3) is 11.1 Å². The molecule has 0 atom stereocenters. The zero-order valence-electron chi connectivity index (χ0n) is 16.6. The molecule has 0 amide bonds. The summed E-state index contributed by atoms with van der Waals surface area (Å²) in [6.07, 6.45) is 0. The number of hydrogen-bond donors (Lipinski definition) is 1. The largest absolute Gasteiger partial charge is 0.490 e. The van der Waals surface area contributed by atoms with Crippen LogP contribution in [0.3, 0.4) is 0 Å². The van der Waals surface area contributed by atoms with Crippen LogP contribution in [-0.4, -0.2) is 31.3 Å². The zero-order chi connectivity index (χ0) is 21.5. The SMILES string of the molecule is COC(=O)c1cccc(OCCOc2cccc(-c3cc(C)[nH]c(=O)c3C#N)c2)c1. The van der Waals surface area contributed by atoms with E-state index in [-0.39, 0.29) is 18.8 Å². The number of nitrogens with zero attached hydrogens (tertiary/aromatic N) is 1. The first-order valence-electron chi connectivity index (χ1n) is 9.20. The van der Waals surface area contributed by atoms with Crippen molar-refractivity contribution < 1.29 is 19.0 Å². The van der Waals surface area contributed by atoms with Gasteiger partial charge in [-0.15, -0.1) is 0 Å². The third kappa shape index (κ3) is 4.86. The Morgan fingerprint density at radius 2 is 1.70 bits per heavy atom. The first-order chi connectivity index (χ1) is 14.5. The number of pyridine rings is 1. The van der Waals surface area contributed by atoms with Crippen LogP contribution in [0.4, 0.5) is 0 Å². The second-order valence-electron chi connectivity index (χ2n) is 6.43. The first kappa shape index (κ1) is 20.7. The van der Waals surface area contributed by atoms with Gasteiger partial charge in [-0.05, 0) is 48.9 Å². The summed E-state index contributed by atoms with van der Waals surface area (Å²) in [5.41, 5.74) is 1.99. The number of nitriles is 1. The van der Waals surface area contributed by atoms with Crippen LogP contribution in [0.1, 0.15) is 21.6 Å². The van der Waals surface area contributed by atoms with Gasteiger partial charge in [0.15, 0.2) is 0 Å². The van der Waals surface area contributed by atoms with Crippen LogP contribution in [-0.2, 0) is 4.74 Å². The maximum atomic E-state index is 12.0. The van der Waals surface area contributed by atoms with E-state index in [9.17, 15) is 14.9 Å². The minimum Gasteiger partial charge on any atom is -0.490 e. The molecule has 1 aromatic heterocycles. The number of rotatable bonds is 7. The fraction of sp³-hybridized carbons (Fsp3) is 0.174. The molecule has 1 heterocycles. The van der Waals surface area contributed by atoms with E-state index in [1.807, 2.05) is 12.1 Å². The number of aryl methyl sites for hydroxylation is 1. The van der Waals surface area contributed by atoms with Gasteiger partial charge in [-0.3, -0.25) is 4.79 Å². The van der Waals surface area contributed by atoms with Crippen molar-refractivity contribution in [2.24, 2.45) is 0 Å². The summed E-state index contributed by atoms with van der Waals surface area (Å²) in [6.45, 7) is 2.30. The number of esters is 1. The monoisotopic (exact) mass is 404 g/mol. The van der Waals surface area contributed by atoms with Crippen LogP contribution in [0.5, 0.6) is 11.5 Å². The van der Waals surface area contributed by atoms with Crippen LogP contribution in [0.2, 0.25) is 0 Å². The lowest BCUT2D eigenvalue weighted by molar-refractivity contribution is 0.0600. The Hall–Kier alpha value is -4.05. The van der Waals surface area contributed by atoms with Gasteiger partial charge in [-0.25, -0.2) is 4.79 Å². The van der Waals surface area contributed by atoms with Gasteiger partial charge in [0.2, 0.25) is 0 Å². The number of H-pyrrole nitrogens is 1. The molecule has 2 aromatic carbocycles. The predicted molar refractivity (Wildman–Crippen MR) is 111 cm³/mol. The van der Waals surface area contributed by atoms with Gasteiger partial charge in [0, 0.05) is 11.3 Å². The van der Waals surface area contributed by atoms with E-state index in [0.29, 0.717) is 33.9 Å². The van der Waals surface area contributed by atoms with Crippen molar-refractivity contribution in [2.45, 2.75) is 6.92 Å². The molecule has 0 bridgehead atoms. The predicted octanol–water partition coefficient (Wildman–Crippen LogP) is 3.47. The minimum absolute atomic E-state index is 0.0616. The van der Waals surface area contributed by atoms with Crippen LogP contribution in [0, 0.1) is 18.3 Å². The number of aromatic amines is 1. The van der Waals surface area contributed by atoms with Gasteiger partial charge in [-0.1, -0.05) is 18.2 Å². The zero-order valence-corrected chi connectivity index (χ0v) is 16.6. The number of aromatic nitrogens is 1. The molecule has 0 saturated carbocycles. The third-order valence-corrected chi connectivity index (χ3v) is 4.30. The molecule has 0 saturated heterocycles. The Labute approximate surface area is 173 Å². The Kier molecular flexibility index (Phi) is 6.50. The highest BCUT2D eigenvalue weighted by atomic mass is 16.5. The molecule has 0 aliphatic rings. The van der Waals surface area contributed by atoms with E-state index in [4.69, 9.17) is 14.2 Å². The molecule has 3 aromatic rings. The minimum atomic E-state index is -0.430. The lowest BCUT2D eigenvalue weighted by Gasteiger charge is -2.11. The maximum Gasteiger partial charge on any atom is 0.337 e. The molecular formula is C23H20N2O5. The highest BCUT2D eigenvalue weighted by Crippen LogP contribution is 2.26. The van der Waals surface area contributed by atoms with Crippen molar-refractivity contribution in [1.29, 1.82) is 5.26 Å². The van der Waals surface area contributed by atoms with Crippen molar-refractivity contribution in [3.8, 4) is 28.7 Å². The lowest BCUT2D eigenvalue weighted by atomic mass is 10.0. The fourth-order valence-corrected chi connectivity index (χ4v) is 2.93. The second-order valence-corrected chi connectivity index (χ2v) is 6.43. The summed E-state index contributed by atoms with van der Waals surface area (Å²) in [6, 6.07) is 17.6. The van der Waals surface area contributed by atoms with Crippen LogP contribution >= 0.6 is 0 Å². The van der Waals surface area contributed by atoms with E-state index < -0.39 is 11.5 Å². The number of nitrogens with one attached hydrogen (secondary N) is 1. The topological polar surface area (TPSA) is 101 Å². The van der Waals surface area contributed by atoms with Crippen LogP contribution < -0.4 is 15.0 Å². The molecule has 0 fully saturated rings. The van der Waals surface area contributed by atoms with Crippen LogP contribution in [0.15, 0.2) is 59.4 Å². The van der Waals surface area contributed by atoms with Gasteiger partial charge in [0.25, 0.3) is 5.56 Å². The summed E-state index contributed by atoms with van der Waals surface area (Å²) in [7, 11) is 1.32. The van der Waals surface area contributed by atoms with E-state index in [2.05, 4.69) is 4.98 Å². The summed E-state index contributed by atoms with van der Waals surface area (Å²) >= 11 is 0. The molecule has 0 unspecified atom stereocenters. The molecule has 0 radical (unpaired) electrons. The molecule has 0 aliphatic carbocycles. The number of methoxy groups -OCH3 is 1. The van der Waals surface area contributed by atoms with Gasteiger partial charge < -0.3 is 19.2 Å². The van der Waals surface area contributed by atoms with Crippen molar-refractivity contribution in [1.82, 2.24) is 4.98 Å². The second kappa shape index (κ2) is 9.43. The van der Waals surface area contributed by atoms with Gasteiger partial charge in [-0.2, -0.15) is 5.26 Å². The summed E-state index contributed by atoms with van der Waals surface area (Å²) in [5.74, 6) is 0.689. The molecule has 0 aliphatic heterocycles. The Bertz CT molecular complexity index is 1160. The summed E-state index contributed by atoms with van der Waals surface area (Å²) in [4.78, 5) is 26.2. The van der Waals surface area contributed by atoms with Gasteiger partial charge >= 0.3 is 5.97 Å². The standard InChI is InChI=1S/C23H20N2O5/c1-15-11-20(21(14-24)22(26)25-15)16-5-3-7-18(12-16)29-9-10-30-19-8-4-6-17(13-19)23(27)28-2/h3-8,11-13H,9-10H2,1-2H3,(H,25,26). The number of ether oxygens (including phenoxy) is 3. The molecule has 7 nitrogen and oxygen atoms in total. The van der Waals surface area contributed by atoms with E-state index >= 15 is 0 Å². The highest BCUT2D eigenvalue weighted by Gasteiger charge is 2.11. The molecule has 30 heavy (non-hydrogen) atoms. The molecule has 3 rings (SSSR count). The fourth-order valence-electron chi connectivity index (χ4n) is 2.93. The van der Waals surface area contributed by atoms with Crippen molar-refractivity contribution in [3.05, 3.63) is 81.8 Å². The summed E-state index contributed by atoms with van der Waals surface area (Å²) < 4.78 is 16.1. The average Bonchev–Trinajstić information content (AvgIpc) is 2.76. The van der Waals surface area contributed by atoms with Crippen molar-refractivity contribution in [3.63, 3.8) is 0 Å². The molecule has 0 spiro atoms. The normalized spacial score (nSPS) is 10.2. The molecule has 1 N–H and O–H groups in total. The number of carbonyl (C=O) groups is 1. The smallest absolute Gasteiger partial charge is 0.337 e.